The predicted octanol–water partition coefficient (Wildman–Crippen LogP) is 8.22. The van der Waals surface area contributed by atoms with Crippen LogP contribution in [0.3, 0.4) is 0 Å². The molecule has 3 aromatic carbocycles. The van der Waals surface area contributed by atoms with Crippen LogP contribution in [0.2, 0.25) is 0 Å². The summed E-state index contributed by atoms with van der Waals surface area (Å²) in [5.74, 6) is 0. The minimum absolute atomic E-state index is 0.741. The Hall–Kier alpha value is -2.21. The largest absolute Gasteiger partial charge is 0.311 e. The monoisotopic (exact) mass is 511 g/mol. The fourth-order valence-corrected chi connectivity index (χ4v) is 4.33. The molecular formula is C23H15Br2NOS. The van der Waals surface area contributed by atoms with Crippen LogP contribution in [0.5, 0.6) is 0 Å². The number of nitrogens with zero attached hydrogens (tertiary/aromatic N) is 1. The summed E-state index contributed by atoms with van der Waals surface area (Å²) in [5.41, 5.74) is 4.34. The molecule has 1 aromatic heterocycles. The number of benzene rings is 3. The van der Waals surface area contributed by atoms with Gasteiger partial charge in [0.1, 0.15) is 0 Å². The van der Waals surface area contributed by atoms with Crippen LogP contribution < -0.4 is 4.90 Å². The SMILES string of the molecule is O=Cc1ccc(-c2ccc(N(c3ccc(Br)cc3)c3ccc(Br)cc3)cc2)s1. The van der Waals surface area contributed by atoms with Crippen LogP contribution in [0, 0.1) is 0 Å². The molecule has 0 saturated heterocycles. The van der Waals surface area contributed by atoms with E-state index in [0.717, 1.165) is 47.6 Å². The fourth-order valence-electron chi connectivity index (χ4n) is 2.97. The number of rotatable bonds is 5. The maximum Gasteiger partial charge on any atom is 0.160 e. The van der Waals surface area contributed by atoms with E-state index in [4.69, 9.17) is 0 Å². The lowest BCUT2D eigenvalue weighted by atomic mass is 10.1. The van der Waals surface area contributed by atoms with Crippen LogP contribution in [-0.4, -0.2) is 6.29 Å². The Morgan fingerprint density at radius 2 is 1.11 bits per heavy atom. The molecule has 0 aliphatic carbocycles. The number of aldehydes is 1. The van der Waals surface area contributed by atoms with Gasteiger partial charge in [-0.05, 0) is 78.4 Å². The summed E-state index contributed by atoms with van der Waals surface area (Å²) in [4.78, 5) is 15.0. The molecule has 0 unspecified atom stereocenters. The highest BCUT2D eigenvalue weighted by molar-refractivity contribution is 9.10. The molecule has 1 heterocycles. The van der Waals surface area contributed by atoms with Gasteiger partial charge >= 0.3 is 0 Å². The summed E-state index contributed by atoms with van der Waals surface area (Å²) < 4.78 is 2.09. The van der Waals surface area contributed by atoms with E-state index in [-0.39, 0.29) is 0 Å². The van der Waals surface area contributed by atoms with Crippen LogP contribution in [0.15, 0.2) is 93.9 Å². The maximum absolute atomic E-state index is 11.0. The molecule has 5 heteroatoms. The average Bonchev–Trinajstić information content (AvgIpc) is 3.21. The Kier molecular flexibility index (Phi) is 5.76. The minimum Gasteiger partial charge on any atom is -0.311 e. The Morgan fingerprint density at radius 3 is 1.54 bits per heavy atom. The van der Waals surface area contributed by atoms with Crippen molar-refractivity contribution in [1.29, 1.82) is 0 Å². The summed E-state index contributed by atoms with van der Waals surface area (Å²) in [6, 6.07) is 28.8. The topological polar surface area (TPSA) is 20.3 Å². The summed E-state index contributed by atoms with van der Waals surface area (Å²) in [5, 5.41) is 0. The lowest BCUT2D eigenvalue weighted by molar-refractivity contribution is 0.112. The van der Waals surface area contributed by atoms with Crippen LogP contribution in [0.25, 0.3) is 10.4 Å². The van der Waals surface area contributed by atoms with Gasteiger partial charge < -0.3 is 4.90 Å². The molecule has 0 bridgehead atoms. The number of thiophene rings is 1. The Labute approximate surface area is 184 Å². The van der Waals surface area contributed by atoms with Crippen molar-refractivity contribution >= 4 is 66.5 Å². The van der Waals surface area contributed by atoms with Gasteiger partial charge in [-0.25, -0.2) is 0 Å². The summed E-state index contributed by atoms with van der Waals surface area (Å²) >= 11 is 8.53. The van der Waals surface area contributed by atoms with Gasteiger partial charge in [-0.15, -0.1) is 11.3 Å². The lowest BCUT2D eigenvalue weighted by Crippen LogP contribution is -2.09. The van der Waals surface area contributed by atoms with Crippen LogP contribution >= 0.6 is 43.2 Å². The first-order chi connectivity index (χ1) is 13.6. The normalized spacial score (nSPS) is 10.6. The van der Waals surface area contributed by atoms with Gasteiger partial charge in [0.15, 0.2) is 6.29 Å². The second-order valence-electron chi connectivity index (χ2n) is 6.15. The van der Waals surface area contributed by atoms with E-state index in [1.807, 2.05) is 36.4 Å². The Morgan fingerprint density at radius 1 is 0.643 bits per heavy atom. The molecule has 4 aromatic rings. The van der Waals surface area contributed by atoms with Crippen molar-refractivity contribution in [1.82, 2.24) is 0 Å². The number of hydrogen-bond acceptors (Lipinski definition) is 3. The molecule has 0 saturated carbocycles. The molecule has 0 aliphatic heterocycles. The first-order valence-corrected chi connectivity index (χ1v) is 11.0. The zero-order valence-electron chi connectivity index (χ0n) is 14.7. The Balaban J connectivity index is 1.74. The van der Waals surface area contributed by atoms with Crippen molar-refractivity contribution in [3.05, 3.63) is 98.8 Å². The minimum atomic E-state index is 0.741. The van der Waals surface area contributed by atoms with Gasteiger partial charge in [-0.1, -0.05) is 44.0 Å². The standard InChI is InChI=1S/C23H15Br2NOS/c24-17-3-9-20(10-4-17)26(21-11-5-18(25)6-12-21)19-7-1-16(2-8-19)23-14-13-22(15-27)28-23/h1-15H. The third kappa shape index (κ3) is 4.12. The van der Waals surface area contributed by atoms with Crippen molar-refractivity contribution < 1.29 is 4.79 Å². The van der Waals surface area contributed by atoms with Gasteiger partial charge in [0.25, 0.3) is 0 Å². The second-order valence-corrected chi connectivity index (χ2v) is 9.10. The third-order valence-electron chi connectivity index (χ3n) is 4.32. The highest BCUT2D eigenvalue weighted by Gasteiger charge is 2.13. The summed E-state index contributed by atoms with van der Waals surface area (Å²) in [7, 11) is 0. The molecular weight excluding hydrogens is 498 g/mol. The van der Waals surface area contributed by atoms with Gasteiger partial charge in [0.05, 0.1) is 4.88 Å². The van der Waals surface area contributed by atoms with Crippen LogP contribution in [-0.2, 0) is 0 Å². The average molecular weight is 513 g/mol. The quantitative estimate of drug-likeness (QED) is 0.251. The molecule has 0 spiro atoms. The van der Waals surface area contributed by atoms with Crippen molar-refractivity contribution in [2.75, 3.05) is 4.90 Å². The van der Waals surface area contributed by atoms with E-state index in [1.54, 1.807) is 0 Å². The zero-order chi connectivity index (χ0) is 19.5. The van der Waals surface area contributed by atoms with Gasteiger partial charge in [-0.3, -0.25) is 4.79 Å². The third-order valence-corrected chi connectivity index (χ3v) is 6.44. The first-order valence-electron chi connectivity index (χ1n) is 8.61. The number of anilines is 3. The molecule has 2 nitrogen and oxygen atoms in total. The van der Waals surface area contributed by atoms with Crippen molar-refractivity contribution in [3.63, 3.8) is 0 Å². The molecule has 0 fully saturated rings. The zero-order valence-corrected chi connectivity index (χ0v) is 18.7. The molecule has 0 aliphatic rings. The van der Waals surface area contributed by atoms with E-state index >= 15 is 0 Å². The number of halogens is 2. The van der Waals surface area contributed by atoms with Crippen molar-refractivity contribution in [2.24, 2.45) is 0 Å². The van der Waals surface area contributed by atoms with Crippen LogP contribution in [0.1, 0.15) is 9.67 Å². The van der Waals surface area contributed by atoms with E-state index in [9.17, 15) is 4.79 Å². The molecule has 28 heavy (non-hydrogen) atoms. The van der Waals surface area contributed by atoms with Crippen molar-refractivity contribution in [2.45, 2.75) is 0 Å². The lowest BCUT2D eigenvalue weighted by Gasteiger charge is -2.25. The highest BCUT2D eigenvalue weighted by atomic mass is 79.9. The summed E-state index contributed by atoms with van der Waals surface area (Å²) in [6.45, 7) is 0. The molecule has 0 atom stereocenters. The first kappa shape index (κ1) is 19.1. The maximum atomic E-state index is 11.0. The molecule has 0 amide bonds. The molecule has 0 radical (unpaired) electrons. The second kappa shape index (κ2) is 8.43. The molecule has 4 rings (SSSR count). The van der Waals surface area contributed by atoms with Gasteiger partial charge in [-0.2, -0.15) is 0 Å². The number of carbonyl (C=O) groups excluding carboxylic acids is 1. The van der Waals surface area contributed by atoms with E-state index in [1.165, 1.54) is 11.3 Å². The van der Waals surface area contributed by atoms with E-state index in [2.05, 4.69) is 85.3 Å². The van der Waals surface area contributed by atoms with E-state index < -0.39 is 0 Å². The van der Waals surface area contributed by atoms with Crippen LogP contribution in [0.4, 0.5) is 17.1 Å². The highest BCUT2D eigenvalue weighted by Crippen LogP contribution is 2.37. The molecule has 0 N–H and O–H groups in total. The Bertz CT molecular complexity index is 1040. The van der Waals surface area contributed by atoms with Gasteiger partial charge in [0, 0.05) is 30.9 Å². The van der Waals surface area contributed by atoms with E-state index in [0.29, 0.717) is 0 Å². The van der Waals surface area contributed by atoms with Gasteiger partial charge in [0.2, 0.25) is 0 Å². The smallest absolute Gasteiger partial charge is 0.160 e. The predicted molar refractivity (Wildman–Crippen MR) is 125 cm³/mol. The number of carbonyl (C=O) groups is 1. The molecule has 138 valence electrons. The summed E-state index contributed by atoms with van der Waals surface area (Å²) in [6.07, 6.45) is 0.894. The number of hydrogen-bond donors (Lipinski definition) is 0. The fraction of sp³-hybridized carbons (Fsp3) is 0. The van der Waals surface area contributed by atoms with Crippen molar-refractivity contribution in [3.8, 4) is 10.4 Å².